The van der Waals surface area contributed by atoms with Gasteiger partial charge in [0.2, 0.25) is 0 Å². The Morgan fingerprint density at radius 3 is 2.94 bits per heavy atom. The molecule has 1 aliphatic heterocycles. The Kier molecular flexibility index (Phi) is 6.92. The first-order valence-electron chi connectivity index (χ1n) is 10.7. The second-order valence-corrected chi connectivity index (χ2v) is 8.88. The van der Waals surface area contributed by atoms with Crippen LogP contribution in [0.5, 0.6) is 0 Å². The standard InChI is InChI=1S/C24H28N4O2S/c1-17-13-22(28-11-4-3-7-18(28)2)27-24(26-17)31-16-19-8-5-9-20(14-19)23(29)25-15-21-10-6-12-30-21/h5-6,8-10,12-14,18H,3-4,7,11,15-16H2,1-2H3,(H,25,29). The minimum absolute atomic E-state index is 0.114. The predicted octanol–water partition coefficient (Wildman–Crippen LogP) is 4.98. The lowest BCUT2D eigenvalue weighted by Gasteiger charge is -2.34. The van der Waals surface area contributed by atoms with Crippen molar-refractivity contribution in [2.75, 3.05) is 11.4 Å². The Morgan fingerprint density at radius 2 is 2.13 bits per heavy atom. The molecule has 6 nitrogen and oxygen atoms in total. The number of aryl methyl sites for hydroxylation is 1. The number of nitrogens with zero attached hydrogens (tertiary/aromatic N) is 3. The van der Waals surface area contributed by atoms with Crippen LogP contribution >= 0.6 is 11.8 Å². The molecule has 3 heterocycles. The van der Waals surface area contributed by atoms with E-state index in [-0.39, 0.29) is 5.91 Å². The van der Waals surface area contributed by atoms with Gasteiger partial charge < -0.3 is 14.6 Å². The summed E-state index contributed by atoms with van der Waals surface area (Å²) in [5.74, 6) is 2.35. The van der Waals surface area contributed by atoms with Crippen molar-refractivity contribution >= 4 is 23.5 Å². The number of furan rings is 1. The van der Waals surface area contributed by atoms with Crippen LogP contribution in [0, 0.1) is 6.92 Å². The van der Waals surface area contributed by atoms with Crippen LogP contribution < -0.4 is 10.2 Å². The molecule has 1 amide bonds. The highest BCUT2D eigenvalue weighted by molar-refractivity contribution is 7.98. The normalized spacial score (nSPS) is 16.3. The molecule has 0 radical (unpaired) electrons. The Labute approximate surface area is 187 Å². The monoisotopic (exact) mass is 436 g/mol. The molecule has 0 saturated carbocycles. The highest BCUT2D eigenvalue weighted by Crippen LogP contribution is 2.27. The van der Waals surface area contributed by atoms with Crippen molar-refractivity contribution in [3.05, 3.63) is 71.3 Å². The van der Waals surface area contributed by atoms with Gasteiger partial charge in [-0.15, -0.1) is 0 Å². The molecule has 1 unspecified atom stereocenters. The van der Waals surface area contributed by atoms with Gasteiger partial charge in [-0.05, 0) is 62.9 Å². The molecule has 1 fully saturated rings. The van der Waals surface area contributed by atoms with Crippen LogP contribution in [0.3, 0.4) is 0 Å². The number of benzene rings is 1. The highest BCUT2D eigenvalue weighted by atomic mass is 32.2. The van der Waals surface area contributed by atoms with Crippen LogP contribution in [0.25, 0.3) is 0 Å². The first-order chi connectivity index (χ1) is 15.1. The molecule has 0 aliphatic carbocycles. The van der Waals surface area contributed by atoms with E-state index >= 15 is 0 Å². The van der Waals surface area contributed by atoms with Crippen molar-refractivity contribution in [3.8, 4) is 0 Å². The molecule has 3 aromatic rings. The quantitative estimate of drug-likeness (QED) is 0.416. The smallest absolute Gasteiger partial charge is 0.251 e. The molecule has 7 heteroatoms. The van der Waals surface area contributed by atoms with Crippen LogP contribution in [0.15, 0.2) is 58.3 Å². The molecule has 162 valence electrons. The van der Waals surface area contributed by atoms with Crippen LogP contribution in [-0.2, 0) is 12.3 Å². The molecule has 0 spiro atoms. The fourth-order valence-electron chi connectivity index (χ4n) is 3.81. The van der Waals surface area contributed by atoms with Crippen molar-refractivity contribution in [2.45, 2.75) is 56.6 Å². The van der Waals surface area contributed by atoms with Crippen molar-refractivity contribution in [2.24, 2.45) is 0 Å². The number of carbonyl (C=O) groups is 1. The Bertz CT molecular complexity index is 1020. The molecule has 31 heavy (non-hydrogen) atoms. The van der Waals surface area contributed by atoms with E-state index in [0.717, 1.165) is 34.5 Å². The number of rotatable bonds is 7. The number of carbonyl (C=O) groups excluding carboxylic acids is 1. The number of hydrogen-bond acceptors (Lipinski definition) is 6. The largest absolute Gasteiger partial charge is 0.467 e. The maximum Gasteiger partial charge on any atom is 0.251 e. The van der Waals surface area contributed by atoms with Crippen LogP contribution in [0.1, 0.15) is 53.6 Å². The first-order valence-corrected chi connectivity index (χ1v) is 11.7. The van der Waals surface area contributed by atoms with E-state index in [0.29, 0.717) is 23.9 Å². The van der Waals surface area contributed by atoms with Crippen molar-refractivity contribution < 1.29 is 9.21 Å². The number of nitrogens with one attached hydrogen (secondary N) is 1. The lowest BCUT2D eigenvalue weighted by Crippen LogP contribution is -2.38. The summed E-state index contributed by atoms with van der Waals surface area (Å²) < 4.78 is 5.27. The molecule has 0 bridgehead atoms. The first kappa shape index (κ1) is 21.4. The van der Waals surface area contributed by atoms with Gasteiger partial charge in [0, 0.05) is 35.7 Å². The predicted molar refractivity (Wildman–Crippen MR) is 123 cm³/mol. The third kappa shape index (κ3) is 5.67. The molecule has 1 N–H and O–H groups in total. The van der Waals surface area contributed by atoms with Gasteiger partial charge in [0.25, 0.3) is 5.91 Å². The summed E-state index contributed by atoms with van der Waals surface area (Å²) in [6.07, 6.45) is 5.31. The minimum atomic E-state index is -0.114. The fraction of sp³-hybridized carbons (Fsp3) is 0.375. The summed E-state index contributed by atoms with van der Waals surface area (Å²) in [6, 6.07) is 13.9. The van der Waals surface area contributed by atoms with Gasteiger partial charge >= 0.3 is 0 Å². The SMILES string of the molecule is Cc1cc(N2CCCCC2C)nc(SCc2cccc(C(=O)NCc3ccco3)c2)n1. The summed E-state index contributed by atoms with van der Waals surface area (Å²) in [7, 11) is 0. The van der Waals surface area contributed by atoms with E-state index in [1.807, 2.05) is 43.3 Å². The summed E-state index contributed by atoms with van der Waals surface area (Å²) in [4.78, 5) is 24.3. The lowest BCUT2D eigenvalue weighted by atomic mass is 10.0. The summed E-state index contributed by atoms with van der Waals surface area (Å²) in [5, 5.41) is 3.67. The van der Waals surface area contributed by atoms with Crippen LogP contribution in [0.4, 0.5) is 5.82 Å². The van der Waals surface area contributed by atoms with Gasteiger partial charge in [-0.2, -0.15) is 0 Å². The zero-order valence-electron chi connectivity index (χ0n) is 18.0. The molecule has 1 atom stereocenters. The van der Waals surface area contributed by atoms with Crippen molar-refractivity contribution in [1.29, 1.82) is 0 Å². The van der Waals surface area contributed by atoms with E-state index in [1.54, 1.807) is 18.0 Å². The van der Waals surface area contributed by atoms with Gasteiger partial charge in [-0.1, -0.05) is 23.9 Å². The van der Waals surface area contributed by atoms with Gasteiger partial charge in [0.1, 0.15) is 11.6 Å². The topological polar surface area (TPSA) is 71.3 Å². The number of hydrogen-bond donors (Lipinski definition) is 1. The van der Waals surface area contributed by atoms with Gasteiger partial charge in [0.05, 0.1) is 12.8 Å². The molecular formula is C24H28N4O2S. The summed E-state index contributed by atoms with van der Waals surface area (Å²) in [6.45, 7) is 5.72. The second kappa shape index (κ2) is 10.0. The second-order valence-electron chi connectivity index (χ2n) is 7.94. The molecule has 2 aromatic heterocycles. The molecule has 1 saturated heterocycles. The van der Waals surface area contributed by atoms with Gasteiger partial charge in [-0.3, -0.25) is 4.79 Å². The van der Waals surface area contributed by atoms with E-state index in [2.05, 4.69) is 28.2 Å². The number of thioether (sulfide) groups is 1. The lowest BCUT2D eigenvalue weighted by molar-refractivity contribution is 0.0948. The Hall–Kier alpha value is -2.80. The molecular weight excluding hydrogens is 408 g/mol. The van der Waals surface area contributed by atoms with Crippen LogP contribution in [-0.4, -0.2) is 28.5 Å². The number of anilines is 1. The van der Waals surface area contributed by atoms with Gasteiger partial charge in [0.15, 0.2) is 5.16 Å². The average molecular weight is 437 g/mol. The Balaban J connectivity index is 1.40. The van der Waals surface area contributed by atoms with Crippen LogP contribution in [0.2, 0.25) is 0 Å². The van der Waals surface area contributed by atoms with E-state index in [1.165, 1.54) is 19.3 Å². The molecule has 4 rings (SSSR count). The molecule has 1 aromatic carbocycles. The maximum absolute atomic E-state index is 12.5. The summed E-state index contributed by atoms with van der Waals surface area (Å²) >= 11 is 1.60. The zero-order chi connectivity index (χ0) is 21.6. The maximum atomic E-state index is 12.5. The minimum Gasteiger partial charge on any atom is -0.467 e. The van der Waals surface area contributed by atoms with Crippen molar-refractivity contribution in [3.63, 3.8) is 0 Å². The van der Waals surface area contributed by atoms with Crippen molar-refractivity contribution in [1.82, 2.24) is 15.3 Å². The van der Waals surface area contributed by atoms with E-state index in [4.69, 9.17) is 9.40 Å². The zero-order valence-corrected chi connectivity index (χ0v) is 18.8. The van der Waals surface area contributed by atoms with E-state index < -0.39 is 0 Å². The molecule has 1 aliphatic rings. The average Bonchev–Trinajstić information content (AvgIpc) is 3.30. The Morgan fingerprint density at radius 1 is 1.23 bits per heavy atom. The van der Waals surface area contributed by atoms with E-state index in [9.17, 15) is 4.79 Å². The summed E-state index contributed by atoms with van der Waals surface area (Å²) in [5.41, 5.74) is 2.68. The fourth-order valence-corrected chi connectivity index (χ4v) is 4.65. The number of piperidine rings is 1. The van der Waals surface area contributed by atoms with Gasteiger partial charge in [-0.25, -0.2) is 9.97 Å². The highest BCUT2D eigenvalue weighted by Gasteiger charge is 2.20. The third-order valence-corrected chi connectivity index (χ3v) is 6.40. The number of aromatic nitrogens is 2. The number of amides is 1. The third-order valence-electron chi connectivity index (χ3n) is 5.48.